The van der Waals surface area contributed by atoms with Crippen LogP contribution in [0.25, 0.3) is 0 Å². The van der Waals surface area contributed by atoms with Gasteiger partial charge >= 0.3 is 6.18 Å². The van der Waals surface area contributed by atoms with Crippen molar-refractivity contribution in [2.24, 2.45) is 0 Å². The summed E-state index contributed by atoms with van der Waals surface area (Å²) >= 11 is 0. The van der Waals surface area contributed by atoms with E-state index in [2.05, 4.69) is 25.5 Å². The topological polar surface area (TPSA) is 107 Å². The summed E-state index contributed by atoms with van der Waals surface area (Å²) in [5, 5.41) is 15.8. The van der Waals surface area contributed by atoms with Crippen molar-refractivity contribution < 1.29 is 23.1 Å². The quantitative estimate of drug-likeness (QED) is 0.222. The van der Waals surface area contributed by atoms with Crippen molar-refractivity contribution in [3.8, 4) is 0 Å². The van der Waals surface area contributed by atoms with Gasteiger partial charge in [0.15, 0.2) is 0 Å². The second-order valence-corrected chi connectivity index (χ2v) is 11.7. The third-order valence-corrected chi connectivity index (χ3v) is 8.36. The molecule has 1 amide bonds. The number of aliphatic hydroxyl groups is 1. The van der Waals surface area contributed by atoms with Crippen molar-refractivity contribution in [1.29, 1.82) is 0 Å². The molecule has 1 aliphatic carbocycles. The summed E-state index contributed by atoms with van der Waals surface area (Å²) in [7, 11) is 1.94. The van der Waals surface area contributed by atoms with Gasteiger partial charge in [-0.15, -0.1) is 0 Å². The van der Waals surface area contributed by atoms with Crippen LogP contribution in [0.15, 0.2) is 67.0 Å². The van der Waals surface area contributed by atoms with Crippen LogP contribution in [0.2, 0.25) is 0 Å². The van der Waals surface area contributed by atoms with E-state index in [4.69, 9.17) is 4.98 Å². The summed E-state index contributed by atoms with van der Waals surface area (Å²) in [6.07, 6.45) is 2.35. The van der Waals surface area contributed by atoms with Gasteiger partial charge in [0.05, 0.1) is 30.2 Å². The number of nitrogens with zero attached hydrogens (tertiary/aromatic N) is 5. The molecule has 2 aromatic carbocycles. The molecule has 1 saturated carbocycles. The van der Waals surface area contributed by atoms with E-state index in [0.29, 0.717) is 30.8 Å². The summed E-state index contributed by atoms with van der Waals surface area (Å²) in [6, 6.07) is 13.8. The lowest BCUT2D eigenvalue weighted by Gasteiger charge is -2.37. The van der Waals surface area contributed by atoms with Crippen LogP contribution in [0, 0.1) is 6.92 Å². The number of fused-ring (bicyclic) bond motifs is 1. The number of aliphatic hydroxyl groups excluding tert-OH is 1. The molecule has 0 radical (unpaired) electrons. The van der Waals surface area contributed by atoms with Crippen LogP contribution < -0.4 is 20.4 Å². The molecule has 4 aromatic rings. The number of hydrogen-bond donors (Lipinski definition) is 3. The molecular formula is C33H34F3N7O2. The van der Waals surface area contributed by atoms with E-state index in [0.717, 1.165) is 71.8 Å². The summed E-state index contributed by atoms with van der Waals surface area (Å²) in [5.41, 5.74) is 4.11. The number of carbonyl (C=O) groups is 1. The maximum Gasteiger partial charge on any atom is 0.416 e. The first-order valence-electron chi connectivity index (χ1n) is 14.9. The van der Waals surface area contributed by atoms with E-state index >= 15 is 0 Å². The number of amides is 1. The molecule has 6 rings (SSSR count). The van der Waals surface area contributed by atoms with Crippen LogP contribution in [0.5, 0.6) is 0 Å². The molecule has 45 heavy (non-hydrogen) atoms. The molecule has 3 heterocycles. The SMILES string of the molecule is Cc1ccc(NC(=O)c2cccc(C(F)(F)F)c2)cc1N1Cc2cnc(Nc3ccc(C4CCC(O)CC4)nc3)nc2N(C)C1. The summed E-state index contributed by atoms with van der Waals surface area (Å²) in [4.78, 5) is 30.9. The van der Waals surface area contributed by atoms with Crippen molar-refractivity contribution in [3.05, 3.63) is 94.9 Å². The number of aromatic nitrogens is 3. The fraction of sp³-hybridized carbons (Fsp3) is 0.333. The van der Waals surface area contributed by atoms with E-state index in [1.165, 1.54) is 12.1 Å². The molecule has 2 aliphatic rings. The fourth-order valence-electron chi connectivity index (χ4n) is 5.93. The number of rotatable bonds is 6. The van der Waals surface area contributed by atoms with Gasteiger partial charge in [-0.1, -0.05) is 12.1 Å². The van der Waals surface area contributed by atoms with Crippen LogP contribution in [0.1, 0.15) is 64.3 Å². The highest BCUT2D eigenvalue weighted by Gasteiger charge is 2.31. The molecule has 9 nitrogen and oxygen atoms in total. The number of alkyl halides is 3. The minimum atomic E-state index is -4.53. The second kappa shape index (κ2) is 12.4. The van der Waals surface area contributed by atoms with Crippen molar-refractivity contribution in [2.45, 2.75) is 57.3 Å². The zero-order chi connectivity index (χ0) is 31.7. The number of halogens is 3. The molecule has 0 spiro atoms. The monoisotopic (exact) mass is 617 g/mol. The second-order valence-electron chi connectivity index (χ2n) is 11.7. The Hall–Kier alpha value is -4.71. The highest BCUT2D eigenvalue weighted by molar-refractivity contribution is 6.04. The zero-order valence-corrected chi connectivity index (χ0v) is 25.0. The number of pyridine rings is 1. The van der Waals surface area contributed by atoms with E-state index in [1.807, 2.05) is 43.1 Å². The number of hydrogen-bond acceptors (Lipinski definition) is 8. The molecule has 12 heteroatoms. The summed E-state index contributed by atoms with van der Waals surface area (Å²) in [6.45, 7) is 3.00. The van der Waals surface area contributed by atoms with Gasteiger partial charge in [0, 0.05) is 53.9 Å². The fourth-order valence-corrected chi connectivity index (χ4v) is 5.93. The van der Waals surface area contributed by atoms with Gasteiger partial charge in [0.1, 0.15) is 5.82 Å². The third-order valence-electron chi connectivity index (χ3n) is 8.36. The Morgan fingerprint density at radius 1 is 0.978 bits per heavy atom. The average Bonchev–Trinajstić information content (AvgIpc) is 3.02. The Bertz CT molecular complexity index is 1690. The molecule has 234 valence electrons. The number of carbonyl (C=O) groups excluding carboxylic acids is 1. The van der Waals surface area contributed by atoms with Gasteiger partial charge in [-0.25, -0.2) is 4.98 Å². The van der Waals surface area contributed by atoms with Crippen LogP contribution in [-0.4, -0.2) is 45.8 Å². The number of aryl methyl sites for hydroxylation is 1. The van der Waals surface area contributed by atoms with Crippen LogP contribution in [0.3, 0.4) is 0 Å². The van der Waals surface area contributed by atoms with Gasteiger partial charge in [-0.05, 0) is 80.6 Å². The van der Waals surface area contributed by atoms with Gasteiger partial charge in [-0.2, -0.15) is 18.2 Å². The maximum atomic E-state index is 13.1. The summed E-state index contributed by atoms with van der Waals surface area (Å²) < 4.78 is 39.4. The Balaban J connectivity index is 1.13. The minimum Gasteiger partial charge on any atom is -0.393 e. The normalized spacial score (nSPS) is 18.4. The highest BCUT2D eigenvalue weighted by atomic mass is 19.4. The van der Waals surface area contributed by atoms with Crippen molar-refractivity contribution in [1.82, 2.24) is 15.0 Å². The molecule has 0 saturated heterocycles. The molecule has 2 aromatic heterocycles. The van der Waals surface area contributed by atoms with E-state index in [-0.39, 0.29) is 11.7 Å². The zero-order valence-electron chi connectivity index (χ0n) is 25.0. The Kier molecular flexibility index (Phi) is 8.32. The minimum absolute atomic E-state index is 0.0724. The molecule has 0 atom stereocenters. The first kappa shape index (κ1) is 30.3. The van der Waals surface area contributed by atoms with E-state index in [1.54, 1.807) is 18.5 Å². The van der Waals surface area contributed by atoms with Gasteiger partial charge in [0.25, 0.3) is 5.91 Å². The lowest BCUT2D eigenvalue weighted by Crippen LogP contribution is -2.41. The molecule has 1 aliphatic heterocycles. The van der Waals surface area contributed by atoms with Gasteiger partial charge in [-0.3, -0.25) is 9.78 Å². The van der Waals surface area contributed by atoms with Crippen molar-refractivity contribution in [2.75, 3.05) is 34.1 Å². The number of benzene rings is 2. The number of anilines is 5. The van der Waals surface area contributed by atoms with Crippen LogP contribution >= 0.6 is 0 Å². The number of nitrogens with one attached hydrogen (secondary N) is 2. The predicted octanol–water partition coefficient (Wildman–Crippen LogP) is 6.63. The first-order valence-corrected chi connectivity index (χ1v) is 14.9. The average molecular weight is 618 g/mol. The lowest BCUT2D eigenvalue weighted by atomic mass is 9.85. The maximum absolute atomic E-state index is 13.1. The lowest BCUT2D eigenvalue weighted by molar-refractivity contribution is -0.137. The first-order chi connectivity index (χ1) is 21.5. The van der Waals surface area contributed by atoms with Crippen LogP contribution in [-0.2, 0) is 12.7 Å². The third kappa shape index (κ3) is 6.85. The molecule has 0 unspecified atom stereocenters. The predicted molar refractivity (Wildman–Crippen MR) is 167 cm³/mol. The molecule has 0 bridgehead atoms. The highest BCUT2D eigenvalue weighted by Crippen LogP contribution is 2.34. The molecule has 1 fully saturated rings. The molecular weight excluding hydrogens is 583 g/mol. The summed E-state index contributed by atoms with van der Waals surface area (Å²) in [5.74, 6) is 1.000. The smallest absolute Gasteiger partial charge is 0.393 e. The Labute approximate surface area is 259 Å². The standard InChI is InChI=1S/C33H34F3N7O2/c1-20-6-9-25(39-31(45)22-4-3-5-24(14-22)33(34,35)36)15-29(20)43-18-23-16-38-32(41-30(23)42(2)19-43)40-26-10-13-28(37-17-26)21-7-11-27(44)12-8-21/h3-6,9-10,13-17,21,27,44H,7-8,11-12,18-19H2,1-2H3,(H,39,45)(H,38,40,41). The van der Waals surface area contributed by atoms with Crippen molar-refractivity contribution in [3.63, 3.8) is 0 Å². The van der Waals surface area contributed by atoms with Gasteiger partial charge in [0.2, 0.25) is 5.95 Å². The Morgan fingerprint density at radius 3 is 2.49 bits per heavy atom. The van der Waals surface area contributed by atoms with Crippen molar-refractivity contribution >= 4 is 34.7 Å². The van der Waals surface area contributed by atoms with Crippen LogP contribution in [0.4, 0.5) is 42.0 Å². The molecule has 3 N–H and O–H groups in total. The largest absolute Gasteiger partial charge is 0.416 e. The van der Waals surface area contributed by atoms with Gasteiger partial charge < -0.3 is 25.5 Å². The Morgan fingerprint density at radius 2 is 1.76 bits per heavy atom. The van der Waals surface area contributed by atoms with E-state index < -0.39 is 17.6 Å². The van der Waals surface area contributed by atoms with E-state index in [9.17, 15) is 23.1 Å².